The van der Waals surface area contributed by atoms with Crippen LogP contribution in [-0.4, -0.2) is 4.92 Å². The number of nitro groups is 1. The fourth-order valence-corrected chi connectivity index (χ4v) is 2.29. The van der Waals surface area contributed by atoms with Crippen molar-refractivity contribution in [1.82, 2.24) is 0 Å². The highest BCUT2D eigenvalue weighted by atomic mass is 32.1. The van der Waals surface area contributed by atoms with E-state index in [9.17, 15) is 14.5 Å². The van der Waals surface area contributed by atoms with Gasteiger partial charge in [-0.25, -0.2) is 4.39 Å². The molecular weight excluding hydrogens is 269 g/mol. The van der Waals surface area contributed by atoms with Crippen LogP contribution in [0, 0.1) is 27.3 Å². The molecule has 1 N–H and O–H groups in total. The minimum absolute atomic E-state index is 0.0524. The van der Waals surface area contributed by atoms with Crippen LogP contribution in [0.4, 0.5) is 15.1 Å². The number of anilines is 1. The van der Waals surface area contributed by atoms with Crippen LogP contribution in [0.3, 0.4) is 0 Å². The summed E-state index contributed by atoms with van der Waals surface area (Å²) in [4.78, 5) is 10.8. The Morgan fingerprint density at radius 2 is 2.21 bits per heavy atom. The van der Waals surface area contributed by atoms with E-state index in [4.69, 9.17) is 5.26 Å². The van der Waals surface area contributed by atoms with Crippen molar-refractivity contribution in [1.29, 1.82) is 5.26 Å². The van der Waals surface area contributed by atoms with Crippen molar-refractivity contribution in [2.24, 2.45) is 0 Å². The van der Waals surface area contributed by atoms with E-state index in [0.717, 1.165) is 16.2 Å². The third kappa shape index (κ3) is 2.86. The second-order valence-electron chi connectivity index (χ2n) is 3.62. The Bertz CT molecular complexity index is 663. The minimum atomic E-state index is -0.593. The van der Waals surface area contributed by atoms with E-state index in [2.05, 4.69) is 5.32 Å². The molecule has 0 atom stereocenters. The Hall–Kier alpha value is -2.46. The van der Waals surface area contributed by atoms with Gasteiger partial charge in [0, 0.05) is 17.5 Å². The largest absolute Gasteiger partial charge is 0.379 e. The van der Waals surface area contributed by atoms with Gasteiger partial charge < -0.3 is 5.32 Å². The fraction of sp³-hybridized carbons (Fsp3) is 0.0833. The highest BCUT2D eigenvalue weighted by Gasteiger charge is 2.11. The van der Waals surface area contributed by atoms with Crippen LogP contribution in [0.25, 0.3) is 0 Å². The molecule has 0 aliphatic rings. The average molecular weight is 277 g/mol. The predicted molar refractivity (Wildman–Crippen MR) is 69.4 cm³/mol. The van der Waals surface area contributed by atoms with Gasteiger partial charge in [0.15, 0.2) is 0 Å². The molecule has 19 heavy (non-hydrogen) atoms. The van der Waals surface area contributed by atoms with Gasteiger partial charge in [-0.3, -0.25) is 10.1 Å². The first kappa shape index (κ1) is 13.0. The number of nitrogens with zero attached hydrogens (tertiary/aromatic N) is 2. The smallest absolute Gasteiger partial charge is 0.324 e. The number of halogens is 1. The molecule has 0 spiro atoms. The number of hydrogen-bond acceptors (Lipinski definition) is 5. The van der Waals surface area contributed by atoms with Crippen LogP contribution in [0.2, 0.25) is 0 Å². The van der Waals surface area contributed by atoms with Gasteiger partial charge in [0.1, 0.15) is 17.4 Å². The molecule has 0 fully saturated rings. The van der Waals surface area contributed by atoms with Crippen molar-refractivity contribution < 1.29 is 9.31 Å². The third-order valence-electron chi connectivity index (χ3n) is 2.41. The Labute approximate surface area is 112 Å². The number of benzene rings is 1. The predicted octanol–water partition coefficient (Wildman–Crippen LogP) is 3.28. The van der Waals surface area contributed by atoms with Crippen LogP contribution in [-0.2, 0) is 6.54 Å². The molecule has 0 aliphatic carbocycles. The summed E-state index contributed by atoms with van der Waals surface area (Å²) in [5.74, 6) is -0.593. The maximum atomic E-state index is 13.3. The Morgan fingerprint density at radius 3 is 2.84 bits per heavy atom. The second kappa shape index (κ2) is 5.46. The average Bonchev–Trinajstić information content (AvgIpc) is 2.85. The third-order valence-corrected chi connectivity index (χ3v) is 3.44. The van der Waals surface area contributed by atoms with E-state index in [1.807, 2.05) is 0 Å². The maximum Gasteiger partial charge on any atom is 0.324 e. The summed E-state index contributed by atoms with van der Waals surface area (Å²) in [6.45, 7) is 0.302. The summed E-state index contributed by atoms with van der Waals surface area (Å²) >= 11 is 1.04. The van der Waals surface area contributed by atoms with Gasteiger partial charge in [0.2, 0.25) is 0 Å². The van der Waals surface area contributed by atoms with Gasteiger partial charge in [0.25, 0.3) is 0 Å². The van der Waals surface area contributed by atoms with E-state index >= 15 is 0 Å². The van der Waals surface area contributed by atoms with Gasteiger partial charge >= 0.3 is 5.00 Å². The molecule has 96 valence electrons. The molecule has 0 saturated carbocycles. The first-order chi connectivity index (χ1) is 9.11. The molecule has 0 radical (unpaired) electrons. The van der Waals surface area contributed by atoms with Crippen molar-refractivity contribution in [3.8, 4) is 6.07 Å². The fourth-order valence-electron chi connectivity index (χ4n) is 1.53. The lowest BCUT2D eigenvalue weighted by molar-refractivity contribution is -0.380. The highest BCUT2D eigenvalue weighted by Crippen LogP contribution is 2.25. The van der Waals surface area contributed by atoms with Crippen LogP contribution in [0.5, 0.6) is 0 Å². The summed E-state index contributed by atoms with van der Waals surface area (Å²) in [5, 5.41) is 22.3. The molecule has 1 heterocycles. The van der Waals surface area contributed by atoms with E-state index in [1.54, 1.807) is 18.2 Å². The van der Waals surface area contributed by atoms with Crippen molar-refractivity contribution >= 4 is 22.0 Å². The number of nitriles is 1. The molecule has 0 bridgehead atoms. The lowest BCUT2D eigenvalue weighted by Crippen LogP contribution is -2.01. The van der Waals surface area contributed by atoms with Crippen molar-refractivity contribution in [3.63, 3.8) is 0 Å². The first-order valence-electron chi connectivity index (χ1n) is 5.27. The zero-order valence-corrected chi connectivity index (χ0v) is 10.4. The molecule has 2 rings (SSSR count). The zero-order valence-electron chi connectivity index (χ0n) is 9.59. The summed E-state index contributed by atoms with van der Waals surface area (Å²) < 4.78 is 13.3. The van der Waals surface area contributed by atoms with Crippen molar-refractivity contribution in [2.45, 2.75) is 6.54 Å². The Kier molecular flexibility index (Phi) is 3.73. The van der Waals surface area contributed by atoms with Crippen LogP contribution in [0.15, 0.2) is 30.3 Å². The topological polar surface area (TPSA) is 79.0 Å². The minimum Gasteiger partial charge on any atom is -0.379 e. The van der Waals surface area contributed by atoms with Crippen LogP contribution >= 0.6 is 11.3 Å². The van der Waals surface area contributed by atoms with E-state index in [-0.39, 0.29) is 10.6 Å². The maximum absolute atomic E-state index is 13.3. The SMILES string of the molecule is N#Cc1c(F)cccc1NCc1ccc([N+](=O)[O-])s1. The van der Waals surface area contributed by atoms with Gasteiger partial charge in [0.05, 0.1) is 10.6 Å². The molecule has 1 aromatic carbocycles. The number of thiophene rings is 1. The van der Waals surface area contributed by atoms with Gasteiger partial charge in [-0.05, 0) is 18.2 Å². The molecule has 0 saturated heterocycles. The lowest BCUT2D eigenvalue weighted by Gasteiger charge is -2.06. The van der Waals surface area contributed by atoms with E-state index in [1.165, 1.54) is 18.2 Å². The van der Waals surface area contributed by atoms with E-state index in [0.29, 0.717) is 12.2 Å². The Morgan fingerprint density at radius 1 is 1.42 bits per heavy atom. The number of hydrogen-bond donors (Lipinski definition) is 1. The molecule has 0 amide bonds. The lowest BCUT2D eigenvalue weighted by atomic mass is 10.2. The summed E-state index contributed by atoms with van der Waals surface area (Å²) in [6, 6.07) is 9.11. The normalized spacial score (nSPS) is 9.89. The van der Waals surface area contributed by atoms with E-state index < -0.39 is 10.7 Å². The molecule has 2 aromatic rings. The summed E-state index contributed by atoms with van der Waals surface area (Å²) in [5.41, 5.74) is 0.312. The van der Waals surface area contributed by atoms with Crippen LogP contribution < -0.4 is 5.32 Å². The molecular formula is C12H8FN3O2S. The standard InChI is InChI=1S/C12H8FN3O2S/c13-10-2-1-3-11(9(10)6-14)15-7-8-4-5-12(19-8)16(17)18/h1-5,15H,7H2. The summed E-state index contributed by atoms with van der Waals surface area (Å²) in [6.07, 6.45) is 0. The molecule has 0 unspecified atom stereocenters. The zero-order chi connectivity index (χ0) is 13.8. The van der Waals surface area contributed by atoms with Gasteiger partial charge in [-0.2, -0.15) is 5.26 Å². The summed E-state index contributed by atoms with van der Waals surface area (Å²) in [7, 11) is 0. The molecule has 0 aliphatic heterocycles. The van der Waals surface area contributed by atoms with Crippen molar-refractivity contribution in [3.05, 3.63) is 56.7 Å². The first-order valence-corrected chi connectivity index (χ1v) is 6.09. The Balaban J connectivity index is 2.12. The number of nitrogens with one attached hydrogen (secondary N) is 1. The highest BCUT2D eigenvalue weighted by molar-refractivity contribution is 7.15. The van der Waals surface area contributed by atoms with Gasteiger partial charge in [-0.1, -0.05) is 17.4 Å². The van der Waals surface area contributed by atoms with Gasteiger partial charge in [-0.15, -0.1) is 0 Å². The molecule has 5 nitrogen and oxygen atoms in total. The monoisotopic (exact) mass is 277 g/mol. The second-order valence-corrected chi connectivity index (χ2v) is 4.77. The molecule has 1 aromatic heterocycles. The quantitative estimate of drug-likeness (QED) is 0.687. The molecule has 7 heteroatoms. The number of rotatable bonds is 4. The van der Waals surface area contributed by atoms with Crippen molar-refractivity contribution in [2.75, 3.05) is 5.32 Å². The van der Waals surface area contributed by atoms with Crippen LogP contribution in [0.1, 0.15) is 10.4 Å².